The highest BCUT2D eigenvalue weighted by atomic mass is 32.1. The van der Waals surface area contributed by atoms with Crippen LogP contribution in [0.5, 0.6) is 5.88 Å². The number of β-amino-alcohol motifs (C(OH)–C–C–N with tert-alkyl or cyclic N) is 1. The Morgan fingerprint density at radius 1 is 1.22 bits per heavy atom. The van der Waals surface area contributed by atoms with Crippen molar-refractivity contribution in [2.45, 2.75) is 78.2 Å². The van der Waals surface area contributed by atoms with E-state index in [1.807, 2.05) is 71.3 Å². The first-order valence-electron chi connectivity index (χ1n) is 14.1. The first-order chi connectivity index (χ1) is 19.6. The molecule has 5 atom stereocenters. The van der Waals surface area contributed by atoms with Crippen LogP contribution in [0.15, 0.2) is 40.4 Å². The number of aliphatic hydroxyl groups excluding tert-OH is 1. The molecular weight excluding hydrogens is 544 g/mol. The number of rotatable bonds is 12. The van der Waals surface area contributed by atoms with E-state index in [1.54, 1.807) is 17.4 Å². The molecule has 3 aromatic rings. The smallest absolute Gasteiger partial charge is 0.254 e. The van der Waals surface area contributed by atoms with Crippen LogP contribution in [0.1, 0.15) is 70.0 Å². The second kappa shape index (κ2) is 13.6. The molecule has 3 heterocycles. The van der Waals surface area contributed by atoms with Crippen molar-refractivity contribution in [2.24, 2.45) is 5.92 Å². The van der Waals surface area contributed by atoms with E-state index < -0.39 is 18.1 Å². The van der Waals surface area contributed by atoms with Gasteiger partial charge in [-0.3, -0.25) is 9.59 Å². The minimum Gasteiger partial charge on any atom is -0.473 e. The van der Waals surface area contributed by atoms with E-state index in [9.17, 15) is 14.7 Å². The van der Waals surface area contributed by atoms with E-state index in [4.69, 9.17) is 14.0 Å². The predicted molar refractivity (Wildman–Crippen MR) is 156 cm³/mol. The van der Waals surface area contributed by atoms with Crippen LogP contribution in [0.2, 0.25) is 0 Å². The molecule has 41 heavy (non-hydrogen) atoms. The molecule has 2 unspecified atom stereocenters. The van der Waals surface area contributed by atoms with Gasteiger partial charge in [0.25, 0.3) is 5.88 Å². The summed E-state index contributed by atoms with van der Waals surface area (Å²) < 4.78 is 16.7. The van der Waals surface area contributed by atoms with Crippen molar-refractivity contribution in [1.29, 1.82) is 0 Å². The Morgan fingerprint density at radius 2 is 1.95 bits per heavy atom. The molecule has 0 spiro atoms. The van der Waals surface area contributed by atoms with Gasteiger partial charge in [-0.05, 0) is 49.9 Å². The van der Waals surface area contributed by atoms with Gasteiger partial charge in [-0.15, -0.1) is 11.3 Å². The molecule has 222 valence electrons. The maximum atomic E-state index is 13.8. The fourth-order valence-electron chi connectivity index (χ4n) is 5.14. The van der Waals surface area contributed by atoms with E-state index in [2.05, 4.69) is 15.5 Å². The second-order valence-electron chi connectivity index (χ2n) is 10.9. The molecule has 2 aromatic heterocycles. The zero-order chi connectivity index (χ0) is 29.7. The summed E-state index contributed by atoms with van der Waals surface area (Å²) in [6.45, 7) is 12.5. The number of benzene rings is 1. The van der Waals surface area contributed by atoms with Crippen molar-refractivity contribution < 1.29 is 28.7 Å². The summed E-state index contributed by atoms with van der Waals surface area (Å²) in [6.07, 6.45) is -0.747. The Morgan fingerprint density at radius 3 is 2.59 bits per heavy atom. The fourth-order valence-corrected chi connectivity index (χ4v) is 5.95. The van der Waals surface area contributed by atoms with Crippen molar-refractivity contribution in [3.63, 3.8) is 0 Å². The number of carbonyl (C=O) groups is 2. The third-order valence-electron chi connectivity index (χ3n) is 7.30. The number of amides is 2. The van der Waals surface area contributed by atoms with Gasteiger partial charge in [0.15, 0.2) is 5.76 Å². The number of nitrogens with one attached hydrogen (secondary N) is 1. The third kappa shape index (κ3) is 7.33. The number of carbonyl (C=O) groups excluding carboxylic acids is 2. The van der Waals surface area contributed by atoms with E-state index in [0.29, 0.717) is 19.0 Å². The lowest BCUT2D eigenvalue weighted by atomic mass is 9.91. The van der Waals surface area contributed by atoms with Gasteiger partial charge >= 0.3 is 0 Å². The SMILES string of the molecule is CCOC(C)COc1cc(C(C(=O)N2C[C@H](O)C[C@H]2C(=O)N[C@@H](C)c2ccc(-c3scnc3C)cc2)C(C)C)on1. The summed E-state index contributed by atoms with van der Waals surface area (Å²) in [4.78, 5) is 34.2. The standard InChI is InChI=1S/C30H40N4O6S/c1-7-38-18(4)15-39-26-13-25(40-33-26)27(17(2)3)30(37)34-14-23(35)12-24(34)29(36)32-19(5)21-8-10-22(11-9-21)28-20(6)31-16-41-28/h8-11,13,16-19,23-24,27,35H,7,12,14-15H2,1-6H3,(H,32,36)/t18?,19-,23+,24-,27?/m0/s1. The van der Waals surface area contributed by atoms with Crippen LogP contribution in [0.3, 0.4) is 0 Å². The molecule has 4 rings (SSSR count). The number of hydrogen-bond donors (Lipinski definition) is 2. The van der Waals surface area contributed by atoms with Gasteiger partial charge in [0.1, 0.15) is 18.6 Å². The summed E-state index contributed by atoms with van der Waals surface area (Å²) in [6, 6.07) is 8.54. The molecule has 0 saturated carbocycles. The van der Waals surface area contributed by atoms with Gasteiger partial charge in [-0.25, -0.2) is 4.98 Å². The van der Waals surface area contributed by atoms with Crippen molar-refractivity contribution >= 4 is 23.2 Å². The Hall–Kier alpha value is -3.28. The van der Waals surface area contributed by atoms with E-state index in [0.717, 1.165) is 21.7 Å². The number of ether oxygens (including phenoxy) is 2. The van der Waals surface area contributed by atoms with Gasteiger partial charge in [0.2, 0.25) is 11.8 Å². The van der Waals surface area contributed by atoms with E-state index in [1.165, 1.54) is 4.90 Å². The van der Waals surface area contributed by atoms with Gasteiger partial charge in [-0.1, -0.05) is 38.1 Å². The Bertz CT molecular complexity index is 1310. The molecule has 1 aromatic carbocycles. The number of likely N-dealkylation sites (tertiary alicyclic amines) is 1. The molecule has 11 heteroatoms. The lowest BCUT2D eigenvalue weighted by Gasteiger charge is -2.29. The number of aryl methyl sites for hydroxylation is 1. The van der Waals surface area contributed by atoms with Crippen LogP contribution >= 0.6 is 11.3 Å². The largest absolute Gasteiger partial charge is 0.473 e. The van der Waals surface area contributed by atoms with E-state index in [-0.39, 0.29) is 48.7 Å². The highest BCUT2D eigenvalue weighted by molar-refractivity contribution is 7.13. The fraction of sp³-hybridized carbons (Fsp3) is 0.533. The molecule has 0 aliphatic carbocycles. The molecule has 1 aliphatic rings. The van der Waals surface area contributed by atoms with Crippen molar-refractivity contribution in [3.8, 4) is 16.3 Å². The van der Waals surface area contributed by atoms with Gasteiger partial charge < -0.3 is 29.3 Å². The Balaban J connectivity index is 1.43. The Kier molecular flexibility index (Phi) is 10.2. The quantitative estimate of drug-likeness (QED) is 0.319. The maximum absolute atomic E-state index is 13.8. The topological polar surface area (TPSA) is 127 Å². The van der Waals surface area contributed by atoms with Crippen LogP contribution in [0.4, 0.5) is 0 Å². The highest BCUT2D eigenvalue weighted by Gasteiger charge is 2.43. The minimum absolute atomic E-state index is 0.0702. The van der Waals surface area contributed by atoms with Crippen molar-refractivity contribution in [2.75, 3.05) is 19.8 Å². The number of aromatic nitrogens is 2. The average molecular weight is 585 g/mol. The predicted octanol–water partition coefficient (Wildman–Crippen LogP) is 4.49. The number of aliphatic hydroxyl groups is 1. The average Bonchev–Trinajstić information content (AvgIpc) is 3.67. The monoisotopic (exact) mass is 584 g/mol. The van der Waals surface area contributed by atoms with Gasteiger partial charge in [-0.2, -0.15) is 0 Å². The number of thiazole rings is 1. The summed E-state index contributed by atoms with van der Waals surface area (Å²) in [5.41, 5.74) is 4.83. The lowest BCUT2D eigenvalue weighted by Crippen LogP contribution is -2.48. The first kappa shape index (κ1) is 30.7. The molecule has 1 fully saturated rings. The Labute approximate surface area is 245 Å². The molecule has 0 bridgehead atoms. The third-order valence-corrected chi connectivity index (χ3v) is 8.28. The second-order valence-corrected chi connectivity index (χ2v) is 11.7. The number of nitrogens with zero attached hydrogens (tertiary/aromatic N) is 3. The highest BCUT2D eigenvalue weighted by Crippen LogP contribution is 2.33. The van der Waals surface area contributed by atoms with Crippen LogP contribution in [0.25, 0.3) is 10.4 Å². The first-order valence-corrected chi connectivity index (χ1v) is 15.0. The van der Waals surface area contributed by atoms with Crippen LogP contribution in [-0.4, -0.2) is 70.0 Å². The summed E-state index contributed by atoms with van der Waals surface area (Å²) in [5.74, 6) is -0.810. The van der Waals surface area contributed by atoms with Crippen LogP contribution in [0, 0.1) is 12.8 Å². The molecule has 10 nitrogen and oxygen atoms in total. The van der Waals surface area contributed by atoms with E-state index >= 15 is 0 Å². The normalized spacial score (nSPS) is 19.3. The summed E-state index contributed by atoms with van der Waals surface area (Å²) in [7, 11) is 0. The van der Waals surface area contributed by atoms with Crippen molar-refractivity contribution in [1.82, 2.24) is 20.4 Å². The molecule has 2 amide bonds. The zero-order valence-corrected chi connectivity index (χ0v) is 25.3. The summed E-state index contributed by atoms with van der Waals surface area (Å²) >= 11 is 1.59. The zero-order valence-electron chi connectivity index (χ0n) is 24.5. The molecule has 2 N–H and O–H groups in total. The molecular formula is C30H40N4O6S. The molecule has 1 aliphatic heterocycles. The van der Waals surface area contributed by atoms with Crippen LogP contribution in [-0.2, 0) is 14.3 Å². The molecule has 1 saturated heterocycles. The lowest BCUT2D eigenvalue weighted by molar-refractivity contribution is -0.141. The minimum atomic E-state index is -0.800. The van der Waals surface area contributed by atoms with Crippen LogP contribution < -0.4 is 10.1 Å². The van der Waals surface area contributed by atoms with Gasteiger partial charge in [0, 0.05) is 25.6 Å². The summed E-state index contributed by atoms with van der Waals surface area (Å²) in [5, 5.41) is 17.5. The maximum Gasteiger partial charge on any atom is 0.254 e. The molecule has 0 radical (unpaired) electrons. The van der Waals surface area contributed by atoms with Crippen molar-refractivity contribution in [3.05, 3.63) is 52.9 Å². The van der Waals surface area contributed by atoms with Gasteiger partial charge in [0.05, 0.1) is 34.3 Å². The number of hydrogen-bond acceptors (Lipinski definition) is 9.